The minimum absolute atomic E-state index is 0.168. The Morgan fingerprint density at radius 1 is 1.12 bits per heavy atom. The first-order chi connectivity index (χ1) is 3.93. The quantitative estimate of drug-likeness (QED) is 0.587. The van der Waals surface area contributed by atoms with Crippen molar-refractivity contribution in [2.24, 2.45) is 4.75 Å². The van der Waals surface area contributed by atoms with Gasteiger partial charge in [-0.25, -0.2) is 0 Å². The number of hydrogen-bond donors (Lipinski definition) is 1. The van der Waals surface area contributed by atoms with Gasteiger partial charge in [0.2, 0.25) is 0 Å². The van der Waals surface area contributed by atoms with Crippen LogP contribution in [0.3, 0.4) is 0 Å². The second kappa shape index (κ2) is 2.88. The maximum atomic E-state index is 5.41. The molecule has 1 aromatic rings. The Bertz CT molecular complexity index is 150. The summed E-state index contributed by atoms with van der Waals surface area (Å²) in [5.41, 5.74) is 0. The van der Waals surface area contributed by atoms with Gasteiger partial charge in [0.25, 0.3) is 0 Å². The zero-order chi connectivity index (χ0) is 5.82. The fourth-order valence-corrected chi connectivity index (χ4v) is 1.16. The van der Waals surface area contributed by atoms with Crippen LogP contribution in [0, 0.1) is 0 Å². The fourth-order valence-electron chi connectivity index (χ4n) is 0.499. The van der Waals surface area contributed by atoms with Gasteiger partial charge in [-0.05, 0) is 0 Å². The molecule has 0 saturated carbocycles. The first-order valence-corrected chi connectivity index (χ1v) is 4.20. The predicted molar refractivity (Wildman–Crippen MR) is 36.0 cm³/mol. The number of rotatable bonds is 1. The standard InChI is InChI=1S/C6H7NSe/c7-8-6-4-2-1-3-5-6/h1-5H,7H2. The second-order valence-electron chi connectivity index (χ2n) is 1.43. The summed E-state index contributed by atoms with van der Waals surface area (Å²) in [7, 11) is 0. The molecule has 0 aliphatic heterocycles. The summed E-state index contributed by atoms with van der Waals surface area (Å²) in [5.74, 6) is 0. The maximum absolute atomic E-state index is 5.41. The van der Waals surface area contributed by atoms with E-state index in [2.05, 4.69) is 0 Å². The van der Waals surface area contributed by atoms with Gasteiger partial charge < -0.3 is 0 Å². The van der Waals surface area contributed by atoms with Crippen LogP contribution in [0.25, 0.3) is 0 Å². The summed E-state index contributed by atoms with van der Waals surface area (Å²) < 4.78 is 6.66. The number of nitrogens with two attached hydrogens (primary N) is 1. The first-order valence-electron chi connectivity index (χ1n) is 2.35. The molecule has 0 unspecified atom stereocenters. The number of benzene rings is 1. The Kier molecular flexibility index (Phi) is 2.10. The van der Waals surface area contributed by atoms with Crippen molar-refractivity contribution in [3.63, 3.8) is 0 Å². The summed E-state index contributed by atoms with van der Waals surface area (Å²) in [5, 5.41) is 0. The van der Waals surface area contributed by atoms with E-state index >= 15 is 0 Å². The third kappa shape index (κ3) is 1.34. The van der Waals surface area contributed by atoms with Crippen LogP contribution in [0.5, 0.6) is 0 Å². The van der Waals surface area contributed by atoms with Gasteiger partial charge in [0.1, 0.15) is 0 Å². The van der Waals surface area contributed by atoms with Crippen molar-refractivity contribution in [3.8, 4) is 0 Å². The molecular weight excluding hydrogens is 165 g/mol. The van der Waals surface area contributed by atoms with Crippen molar-refractivity contribution < 1.29 is 0 Å². The second-order valence-corrected chi connectivity index (χ2v) is 2.91. The third-order valence-corrected chi connectivity index (χ3v) is 2.02. The molecule has 0 saturated heterocycles. The molecule has 0 aromatic heterocycles. The fraction of sp³-hybridized carbons (Fsp3) is 0. The van der Waals surface area contributed by atoms with Gasteiger partial charge in [0, 0.05) is 0 Å². The normalized spacial score (nSPS) is 9.12. The Balaban J connectivity index is 2.83. The molecule has 0 bridgehead atoms. The van der Waals surface area contributed by atoms with E-state index in [9.17, 15) is 0 Å². The van der Waals surface area contributed by atoms with Gasteiger partial charge in [0.05, 0.1) is 0 Å². The molecule has 2 heteroatoms. The molecule has 0 amide bonds. The predicted octanol–water partition coefficient (Wildman–Crippen LogP) is -0.110. The SMILES string of the molecule is N[Se]c1ccccc1. The van der Waals surface area contributed by atoms with Gasteiger partial charge in [-0.2, -0.15) is 0 Å². The molecule has 0 fully saturated rings. The van der Waals surface area contributed by atoms with Crippen molar-refractivity contribution in [2.45, 2.75) is 0 Å². The minimum atomic E-state index is 0.168. The van der Waals surface area contributed by atoms with Crippen molar-refractivity contribution >= 4 is 19.6 Å². The van der Waals surface area contributed by atoms with Crippen LogP contribution >= 0.6 is 0 Å². The van der Waals surface area contributed by atoms with Crippen molar-refractivity contribution in [3.05, 3.63) is 30.3 Å². The molecule has 1 aromatic carbocycles. The zero-order valence-electron chi connectivity index (χ0n) is 4.37. The van der Waals surface area contributed by atoms with Crippen LogP contribution < -0.4 is 9.21 Å². The summed E-state index contributed by atoms with van der Waals surface area (Å²) in [6, 6.07) is 10.1. The van der Waals surface area contributed by atoms with E-state index in [0.29, 0.717) is 0 Å². The van der Waals surface area contributed by atoms with E-state index in [1.165, 1.54) is 4.46 Å². The summed E-state index contributed by atoms with van der Waals surface area (Å²) in [4.78, 5) is 0. The molecule has 0 atom stereocenters. The van der Waals surface area contributed by atoms with Crippen molar-refractivity contribution in [2.75, 3.05) is 0 Å². The molecule has 1 rings (SSSR count). The molecule has 1 nitrogen and oxygen atoms in total. The van der Waals surface area contributed by atoms with Crippen LogP contribution in [-0.4, -0.2) is 15.2 Å². The van der Waals surface area contributed by atoms with Crippen LogP contribution in [0.2, 0.25) is 0 Å². The average Bonchev–Trinajstić information content (AvgIpc) is 1.90. The molecule has 8 heavy (non-hydrogen) atoms. The summed E-state index contributed by atoms with van der Waals surface area (Å²) >= 11 is 0.168. The van der Waals surface area contributed by atoms with E-state index in [1.54, 1.807) is 0 Å². The molecule has 0 heterocycles. The Morgan fingerprint density at radius 3 is 2.12 bits per heavy atom. The monoisotopic (exact) mass is 173 g/mol. The third-order valence-electron chi connectivity index (χ3n) is 0.879. The molecule has 2 N–H and O–H groups in total. The van der Waals surface area contributed by atoms with Crippen molar-refractivity contribution in [1.82, 2.24) is 0 Å². The Hall–Kier alpha value is -0.301. The summed E-state index contributed by atoms with van der Waals surface area (Å²) in [6.07, 6.45) is 0. The van der Waals surface area contributed by atoms with Crippen LogP contribution in [-0.2, 0) is 0 Å². The molecule has 0 aliphatic carbocycles. The van der Waals surface area contributed by atoms with Gasteiger partial charge in [-0.3, -0.25) is 0 Å². The van der Waals surface area contributed by atoms with Gasteiger partial charge in [-0.1, -0.05) is 0 Å². The first kappa shape index (κ1) is 5.83. The topological polar surface area (TPSA) is 26.0 Å². The van der Waals surface area contributed by atoms with E-state index in [4.69, 9.17) is 4.75 Å². The van der Waals surface area contributed by atoms with E-state index < -0.39 is 0 Å². The van der Waals surface area contributed by atoms with Gasteiger partial charge in [0.15, 0.2) is 0 Å². The Morgan fingerprint density at radius 2 is 1.75 bits per heavy atom. The Labute approximate surface area is 55.3 Å². The van der Waals surface area contributed by atoms with Gasteiger partial charge in [-0.15, -0.1) is 0 Å². The van der Waals surface area contributed by atoms with Crippen LogP contribution in [0.4, 0.5) is 0 Å². The van der Waals surface area contributed by atoms with E-state index in [-0.39, 0.29) is 15.2 Å². The molecular formula is C6H7NSe. The van der Waals surface area contributed by atoms with E-state index in [1.807, 2.05) is 30.3 Å². The number of hydrogen-bond acceptors (Lipinski definition) is 1. The van der Waals surface area contributed by atoms with Crippen LogP contribution in [0.15, 0.2) is 30.3 Å². The average molecular weight is 172 g/mol. The molecule has 42 valence electrons. The van der Waals surface area contributed by atoms with Gasteiger partial charge >= 0.3 is 54.7 Å². The molecule has 0 radical (unpaired) electrons. The summed E-state index contributed by atoms with van der Waals surface area (Å²) in [6.45, 7) is 0. The van der Waals surface area contributed by atoms with Crippen LogP contribution in [0.1, 0.15) is 0 Å². The van der Waals surface area contributed by atoms with Crippen molar-refractivity contribution in [1.29, 1.82) is 0 Å². The molecule has 0 aliphatic rings. The van der Waals surface area contributed by atoms with E-state index in [0.717, 1.165) is 0 Å². The zero-order valence-corrected chi connectivity index (χ0v) is 6.09. The molecule has 0 spiro atoms.